The van der Waals surface area contributed by atoms with Crippen molar-refractivity contribution >= 4 is 17.9 Å². The highest BCUT2D eigenvalue weighted by molar-refractivity contribution is 6.07. The molecular weight excluding hydrogens is 322 g/mol. The second-order valence-electron chi connectivity index (χ2n) is 7.20. The van der Waals surface area contributed by atoms with E-state index in [0.717, 1.165) is 57.9 Å². The highest BCUT2D eigenvalue weighted by atomic mass is 16.5. The Morgan fingerprint density at radius 3 is 2.68 bits per heavy atom. The number of likely N-dealkylation sites (tertiary alicyclic amines) is 1. The fourth-order valence-electron chi connectivity index (χ4n) is 3.92. The molecule has 2 atom stereocenters. The van der Waals surface area contributed by atoms with E-state index in [4.69, 9.17) is 9.73 Å². The molecule has 3 rings (SSSR count). The van der Waals surface area contributed by atoms with Crippen molar-refractivity contribution in [3.63, 3.8) is 0 Å². The molecule has 0 aromatic rings. The van der Waals surface area contributed by atoms with Crippen LogP contribution < -0.4 is 16.0 Å². The van der Waals surface area contributed by atoms with Crippen LogP contribution >= 0.6 is 0 Å². The summed E-state index contributed by atoms with van der Waals surface area (Å²) in [5.74, 6) is 0.840. The minimum Gasteiger partial charge on any atom is -0.376 e. The average molecular weight is 351 g/mol. The van der Waals surface area contributed by atoms with Crippen molar-refractivity contribution in [2.24, 2.45) is 10.9 Å². The Balaban J connectivity index is 1.58. The van der Waals surface area contributed by atoms with Crippen molar-refractivity contribution in [1.29, 1.82) is 0 Å². The van der Waals surface area contributed by atoms with Gasteiger partial charge >= 0.3 is 6.03 Å². The molecule has 3 heterocycles. The molecule has 3 fully saturated rings. The van der Waals surface area contributed by atoms with Gasteiger partial charge < -0.3 is 20.3 Å². The smallest absolute Gasteiger partial charge is 0.322 e. The maximum Gasteiger partial charge on any atom is 0.322 e. The summed E-state index contributed by atoms with van der Waals surface area (Å²) in [6.45, 7) is 7.88. The zero-order valence-corrected chi connectivity index (χ0v) is 15.1. The third-order valence-electron chi connectivity index (χ3n) is 5.49. The maximum atomic E-state index is 12.1. The fourth-order valence-corrected chi connectivity index (χ4v) is 3.92. The largest absolute Gasteiger partial charge is 0.376 e. The molecule has 140 valence electrons. The number of urea groups is 1. The van der Waals surface area contributed by atoms with Crippen LogP contribution in [0.15, 0.2) is 4.99 Å². The number of carbonyl (C=O) groups excluding carboxylic acids is 2. The Morgan fingerprint density at radius 1 is 1.36 bits per heavy atom. The molecule has 0 spiro atoms. The van der Waals surface area contributed by atoms with Crippen LogP contribution in [0.5, 0.6) is 0 Å². The van der Waals surface area contributed by atoms with Crippen molar-refractivity contribution in [2.75, 3.05) is 32.8 Å². The van der Waals surface area contributed by atoms with E-state index in [9.17, 15) is 9.59 Å². The van der Waals surface area contributed by atoms with Crippen LogP contribution in [0, 0.1) is 5.92 Å². The SMILES string of the molecule is CCNC(=NCC1CCCO1)N1CCC(C2(C)NC(=O)NC2=O)CC1. The Bertz CT molecular complexity index is 538. The molecule has 3 amide bonds. The summed E-state index contributed by atoms with van der Waals surface area (Å²) < 4.78 is 5.65. The van der Waals surface area contributed by atoms with E-state index in [1.807, 2.05) is 6.92 Å². The predicted octanol–water partition coefficient (Wildman–Crippen LogP) is 0.441. The van der Waals surface area contributed by atoms with Gasteiger partial charge in [-0.05, 0) is 45.4 Å². The fraction of sp³-hybridized carbons (Fsp3) is 0.824. The number of nitrogens with zero attached hydrogens (tertiary/aromatic N) is 2. The summed E-state index contributed by atoms with van der Waals surface area (Å²) in [7, 11) is 0. The first-order valence-corrected chi connectivity index (χ1v) is 9.31. The molecule has 8 heteroatoms. The van der Waals surface area contributed by atoms with E-state index in [2.05, 4.69) is 27.8 Å². The predicted molar refractivity (Wildman–Crippen MR) is 94.3 cm³/mol. The van der Waals surface area contributed by atoms with Gasteiger partial charge in [0.2, 0.25) is 0 Å². The van der Waals surface area contributed by atoms with Gasteiger partial charge in [-0.2, -0.15) is 0 Å². The lowest BCUT2D eigenvalue weighted by atomic mass is 9.79. The van der Waals surface area contributed by atoms with Crippen molar-refractivity contribution in [1.82, 2.24) is 20.9 Å². The molecule has 2 unspecified atom stereocenters. The van der Waals surface area contributed by atoms with Gasteiger partial charge in [0.05, 0.1) is 12.6 Å². The highest BCUT2D eigenvalue weighted by Gasteiger charge is 2.48. The summed E-state index contributed by atoms with van der Waals surface area (Å²) in [6.07, 6.45) is 4.12. The van der Waals surface area contributed by atoms with E-state index in [1.54, 1.807) is 0 Å². The number of rotatable bonds is 4. The van der Waals surface area contributed by atoms with Crippen LogP contribution in [-0.2, 0) is 9.53 Å². The van der Waals surface area contributed by atoms with Crippen molar-refractivity contribution < 1.29 is 14.3 Å². The summed E-state index contributed by atoms with van der Waals surface area (Å²) in [5.41, 5.74) is -0.795. The first-order valence-electron chi connectivity index (χ1n) is 9.31. The summed E-state index contributed by atoms with van der Waals surface area (Å²) in [6, 6.07) is -0.388. The molecule has 8 nitrogen and oxygen atoms in total. The second kappa shape index (κ2) is 7.59. The van der Waals surface area contributed by atoms with E-state index in [0.29, 0.717) is 6.54 Å². The number of piperidine rings is 1. The first kappa shape index (κ1) is 18.0. The van der Waals surface area contributed by atoms with Crippen molar-refractivity contribution in [3.05, 3.63) is 0 Å². The van der Waals surface area contributed by atoms with Gasteiger partial charge in [-0.25, -0.2) is 4.79 Å². The van der Waals surface area contributed by atoms with Gasteiger partial charge in [-0.3, -0.25) is 15.1 Å². The van der Waals surface area contributed by atoms with Crippen LogP contribution in [0.3, 0.4) is 0 Å². The van der Waals surface area contributed by atoms with Crippen LogP contribution in [0.4, 0.5) is 4.79 Å². The van der Waals surface area contributed by atoms with Crippen LogP contribution in [-0.4, -0.2) is 67.2 Å². The number of hydrogen-bond acceptors (Lipinski definition) is 4. The molecule has 0 aliphatic carbocycles. The maximum absolute atomic E-state index is 12.1. The van der Waals surface area contributed by atoms with Crippen molar-refractivity contribution in [2.45, 2.75) is 51.2 Å². The highest BCUT2D eigenvalue weighted by Crippen LogP contribution is 2.30. The Morgan fingerprint density at radius 2 is 2.12 bits per heavy atom. The minimum atomic E-state index is -0.795. The van der Waals surface area contributed by atoms with E-state index >= 15 is 0 Å². The number of hydrogen-bond donors (Lipinski definition) is 3. The number of carbonyl (C=O) groups is 2. The first-order chi connectivity index (χ1) is 12.0. The standard InChI is InChI=1S/C17H29N5O3/c1-3-18-15(19-11-13-5-4-10-25-13)22-8-6-12(7-9-22)17(2)14(23)20-16(24)21-17/h12-13H,3-11H2,1-2H3,(H,18,19)(H2,20,21,23,24). The zero-order valence-electron chi connectivity index (χ0n) is 15.1. The molecule has 3 N–H and O–H groups in total. The molecule has 0 bridgehead atoms. The number of nitrogens with one attached hydrogen (secondary N) is 3. The average Bonchev–Trinajstić information content (AvgIpc) is 3.20. The van der Waals surface area contributed by atoms with Gasteiger partial charge in [-0.1, -0.05) is 0 Å². The van der Waals surface area contributed by atoms with Gasteiger partial charge in [0.25, 0.3) is 5.91 Å². The Hall–Kier alpha value is -1.83. The second-order valence-corrected chi connectivity index (χ2v) is 7.20. The van der Waals surface area contributed by atoms with E-state index in [-0.39, 0.29) is 24.0 Å². The summed E-state index contributed by atoms with van der Waals surface area (Å²) in [4.78, 5) is 30.6. The normalized spacial score (nSPS) is 31.2. The topological polar surface area (TPSA) is 95.1 Å². The van der Waals surface area contributed by atoms with Crippen molar-refractivity contribution in [3.8, 4) is 0 Å². The van der Waals surface area contributed by atoms with Crippen LogP contribution in [0.1, 0.15) is 39.5 Å². The number of amides is 3. The van der Waals surface area contributed by atoms with Crippen LogP contribution in [0.25, 0.3) is 0 Å². The molecule has 0 radical (unpaired) electrons. The van der Waals surface area contributed by atoms with Gasteiger partial charge in [0.15, 0.2) is 5.96 Å². The minimum absolute atomic E-state index is 0.135. The van der Waals surface area contributed by atoms with Gasteiger partial charge in [0, 0.05) is 26.2 Å². The quantitative estimate of drug-likeness (QED) is 0.388. The molecule has 25 heavy (non-hydrogen) atoms. The molecular formula is C17H29N5O3. The lowest BCUT2D eigenvalue weighted by Gasteiger charge is -2.39. The van der Waals surface area contributed by atoms with Crippen LogP contribution in [0.2, 0.25) is 0 Å². The van der Waals surface area contributed by atoms with Gasteiger partial charge in [0.1, 0.15) is 5.54 Å². The summed E-state index contributed by atoms with van der Waals surface area (Å²) >= 11 is 0. The third kappa shape index (κ3) is 3.89. The number of guanidine groups is 1. The third-order valence-corrected chi connectivity index (χ3v) is 5.49. The summed E-state index contributed by atoms with van der Waals surface area (Å²) in [5, 5.41) is 8.52. The lowest BCUT2D eigenvalue weighted by molar-refractivity contribution is -0.125. The molecule has 0 aromatic carbocycles. The zero-order chi connectivity index (χ0) is 17.9. The Kier molecular flexibility index (Phi) is 5.46. The van der Waals surface area contributed by atoms with Gasteiger partial charge in [-0.15, -0.1) is 0 Å². The molecule has 3 aliphatic rings. The van der Waals surface area contributed by atoms with E-state index in [1.165, 1.54) is 0 Å². The number of aliphatic imine (C=N–C) groups is 1. The molecule has 0 saturated carbocycles. The lowest BCUT2D eigenvalue weighted by Crippen LogP contribution is -2.55. The number of ether oxygens (including phenoxy) is 1. The monoisotopic (exact) mass is 351 g/mol. The molecule has 3 aliphatic heterocycles. The van der Waals surface area contributed by atoms with E-state index < -0.39 is 5.54 Å². The Labute approximate surface area is 148 Å². The molecule has 3 saturated heterocycles. The molecule has 0 aromatic heterocycles. The number of imide groups is 1.